The summed E-state index contributed by atoms with van der Waals surface area (Å²) in [5.41, 5.74) is 14.7. The van der Waals surface area contributed by atoms with Crippen molar-refractivity contribution >= 4 is 85.5 Å². The quantitative estimate of drug-likeness (QED) is 0.0315. The maximum Gasteiger partial charge on any atom is 1.00 e. The average molecular weight is 1390 g/mol. The zero-order valence-corrected chi connectivity index (χ0v) is 58.5. The molecule has 13 rings (SSSR count). The van der Waals surface area contributed by atoms with Crippen LogP contribution in [0.1, 0.15) is 58.1 Å². The summed E-state index contributed by atoms with van der Waals surface area (Å²) in [6.45, 7) is 6.92. The second kappa shape index (κ2) is 32.3. The summed E-state index contributed by atoms with van der Waals surface area (Å²) >= 11 is 0. The molecule has 0 unspecified atom stereocenters. The van der Waals surface area contributed by atoms with Gasteiger partial charge in [0.05, 0.1) is 61.4 Å². The average Bonchev–Trinajstić information content (AvgIpc) is 1.66. The van der Waals surface area contributed by atoms with Crippen molar-refractivity contribution in [1.29, 1.82) is 0 Å². The summed E-state index contributed by atoms with van der Waals surface area (Å²) in [6, 6.07) is 63.5. The molecule has 0 amide bonds. The van der Waals surface area contributed by atoms with Gasteiger partial charge >= 0.3 is 41.3 Å². The van der Waals surface area contributed by atoms with E-state index in [2.05, 4.69) is 33.4 Å². The van der Waals surface area contributed by atoms with E-state index in [1.807, 2.05) is 217 Å². The van der Waals surface area contributed by atoms with Gasteiger partial charge in [-0.2, -0.15) is 17.6 Å². The van der Waals surface area contributed by atoms with E-state index in [0.29, 0.717) is 60.9 Å². The number of ether oxygens (including phenoxy) is 1. The predicted molar refractivity (Wildman–Crippen MR) is 362 cm³/mol. The number of fused-ring (bicyclic) bond motifs is 4. The van der Waals surface area contributed by atoms with Gasteiger partial charge in [0.15, 0.2) is 30.3 Å². The molecule has 2 aliphatic rings. The fourth-order valence-corrected chi connectivity index (χ4v) is 13.3. The first-order valence-electron chi connectivity index (χ1n) is 30.6. The zero-order chi connectivity index (χ0) is 67.3. The third kappa shape index (κ3) is 20.0. The molecular weight excluding hydrogens is 1320 g/mol. The summed E-state index contributed by atoms with van der Waals surface area (Å²) in [5.74, 6) is 1.73. The van der Waals surface area contributed by atoms with Gasteiger partial charge in [-0.1, -0.05) is 153 Å². The summed E-state index contributed by atoms with van der Waals surface area (Å²) in [6.07, 6.45) is 5.38. The molecule has 96 heavy (non-hydrogen) atoms. The molecule has 0 N–H and O–H groups in total. The van der Waals surface area contributed by atoms with Gasteiger partial charge in [-0.25, -0.2) is 30.2 Å². The number of nitrogens with zero attached hydrogens (tertiary/aromatic N) is 4. The Hall–Kier alpha value is -8.11. The smallest absolute Gasteiger partial charge is 1.00 e. The number of benzene rings is 8. The van der Waals surface area contributed by atoms with Crippen molar-refractivity contribution in [1.82, 2.24) is 4.98 Å². The molecular formula is C71H70N4NaO16S4-. The number of aromatic nitrogens is 3. The molecule has 20 nitrogen and oxygen atoms in total. The maximum atomic E-state index is 11.4. The van der Waals surface area contributed by atoms with Crippen LogP contribution in [0.5, 0.6) is 5.75 Å². The van der Waals surface area contributed by atoms with E-state index in [0.717, 1.165) is 72.4 Å². The molecule has 0 spiro atoms. The Morgan fingerprint density at radius 1 is 0.562 bits per heavy atom. The minimum absolute atomic E-state index is 0. The SMILES string of the molecule is CCC(=Cc1oc2ccc(-c3ccccc3)cc2[n+]1CCCS(=O)(=O)[O-])C=C1Oc2ccc(-c3ccccc3)cc2N1CCCS(=O)(=O)[O-].Cc1nc2cc(-c3ccccc3)ccc2o1.Cc1oc2ccc(-c3ccccc3)cc2[n+]1CCCS(=O)(=O)[O-].O=S1(=O)CCCO1.[2H-].[Na+]. The molecule has 25 heteroatoms. The van der Waals surface area contributed by atoms with Crippen LogP contribution >= 0.6 is 0 Å². The van der Waals surface area contributed by atoms with Gasteiger partial charge < -0.3 is 38.0 Å². The normalized spacial score (nSPS) is 14.0. The summed E-state index contributed by atoms with van der Waals surface area (Å²) < 4.78 is 153. The first kappa shape index (κ1) is 72.2. The molecule has 0 saturated carbocycles. The minimum Gasteiger partial charge on any atom is -1.00 e. The third-order valence-corrected chi connectivity index (χ3v) is 19.1. The molecule has 0 atom stereocenters. The van der Waals surface area contributed by atoms with Crippen molar-refractivity contribution in [3.63, 3.8) is 0 Å². The largest absolute Gasteiger partial charge is 1.00 e. The third-order valence-electron chi connectivity index (χ3n) is 15.4. The topological polar surface area (TPSA) is 288 Å². The van der Waals surface area contributed by atoms with Gasteiger partial charge in [0.1, 0.15) is 5.52 Å². The van der Waals surface area contributed by atoms with E-state index < -0.39 is 52.0 Å². The van der Waals surface area contributed by atoms with Crippen LogP contribution in [-0.4, -0.2) is 88.5 Å². The van der Waals surface area contributed by atoms with Crippen LogP contribution in [0.15, 0.2) is 225 Å². The van der Waals surface area contributed by atoms with Crippen LogP contribution in [0.3, 0.4) is 0 Å². The summed E-state index contributed by atoms with van der Waals surface area (Å²) in [7, 11) is -16.0. The second-order valence-corrected chi connectivity index (χ2v) is 28.7. The zero-order valence-electron chi connectivity index (χ0n) is 54.3. The van der Waals surface area contributed by atoms with Crippen LogP contribution in [-0.2, 0) is 57.7 Å². The number of oxazole rings is 3. The molecule has 0 bridgehead atoms. The predicted octanol–water partition coefficient (Wildman–Crippen LogP) is 9.75. The van der Waals surface area contributed by atoms with E-state index in [4.69, 9.17) is 18.0 Å². The molecule has 3 aromatic heterocycles. The van der Waals surface area contributed by atoms with Crippen molar-refractivity contribution in [2.75, 3.05) is 41.1 Å². The van der Waals surface area contributed by atoms with Crippen molar-refractivity contribution in [3.8, 4) is 50.3 Å². The number of hydrogen-bond acceptors (Lipinski definition) is 18. The van der Waals surface area contributed by atoms with Crippen LogP contribution < -0.4 is 48.3 Å². The van der Waals surface area contributed by atoms with Gasteiger partial charge in [-0.05, 0) is 106 Å². The first-order chi connectivity index (χ1) is 45.4. The molecule has 8 aromatic carbocycles. The maximum absolute atomic E-state index is 11.4. The fraction of sp³-hybridized carbons (Fsp3) is 0.225. The first-order valence-corrected chi connectivity index (χ1v) is 36.9. The van der Waals surface area contributed by atoms with Crippen LogP contribution in [0, 0.1) is 13.8 Å². The van der Waals surface area contributed by atoms with Gasteiger partial charge in [-0.3, -0.25) is 4.18 Å². The standard InChI is InChI=1S/C37H36N2O8S2.C17H17NO4S.C14H11NO.C3H6O3S.Na.H/c1-2-27(23-36-38(19-9-21-48(40,41)42)32-25-30(15-17-34(32)46-36)28-11-5-3-6-12-28)24-37-39(20-10-22-49(43,44)45)33-26-31(16-18-35(33)47-37)29-13-7-4-8-14-29;1-13-18(10-5-11-23(19,20)21)16-12-15(8-9-17(16)22-13)14-6-3-2-4-7-14;1-10-15-13-9-12(7-8-14(13)16-10)11-5-3-2-4-6-11;4-7(5)3-1-2-6-7;;/h3-8,11-18,23-26H,2,9-10,19-22H2,1H3,(H-,40,41,42,43,44,45);2-4,6-9,12H,5,10-11H2,1H3;2-9H,1H3;1-3H2;;/q;;;;+1;-1/p-1/i;;;;;1+1. The van der Waals surface area contributed by atoms with Crippen molar-refractivity contribution < 1.29 is 110 Å². The van der Waals surface area contributed by atoms with Gasteiger partial charge in [0.2, 0.25) is 17.0 Å². The van der Waals surface area contributed by atoms with Crippen molar-refractivity contribution in [2.45, 2.75) is 66.0 Å². The number of allylic oxidation sites excluding steroid dienone is 2. The van der Waals surface area contributed by atoms with Crippen molar-refractivity contribution in [3.05, 3.63) is 229 Å². The molecule has 5 heterocycles. The molecule has 1 fully saturated rings. The number of aryl methyl sites for hydroxylation is 4. The molecule has 496 valence electrons. The van der Waals surface area contributed by atoms with E-state index >= 15 is 0 Å². The fourth-order valence-electron chi connectivity index (χ4n) is 10.9. The summed E-state index contributed by atoms with van der Waals surface area (Å²) in [5, 5.41) is 0. The number of rotatable bonds is 19. The molecule has 2 aliphatic heterocycles. The Morgan fingerprint density at radius 2 is 1.02 bits per heavy atom. The number of anilines is 1. The Bertz CT molecular complexity index is 5030. The summed E-state index contributed by atoms with van der Waals surface area (Å²) in [4.78, 5) is 6.20. The Balaban J connectivity index is 0.000000204. The Kier molecular flexibility index (Phi) is 24.3. The Morgan fingerprint density at radius 3 is 1.50 bits per heavy atom. The molecule has 0 aliphatic carbocycles. The van der Waals surface area contributed by atoms with Gasteiger partial charge in [-0.15, -0.1) is 0 Å². The van der Waals surface area contributed by atoms with E-state index in [1.54, 1.807) is 0 Å². The van der Waals surface area contributed by atoms with Gasteiger partial charge in [0, 0.05) is 61.8 Å². The Labute approximate surface area is 582 Å². The van der Waals surface area contributed by atoms with Gasteiger partial charge in [0.25, 0.3) is 21.2 Å². The minimum atomic E-state index is -4.41. The second-order valence-electron chi connectivity index (χ2n) is 22.4. The van der Waals surface area contributed by atoms with E-state index in [1.165, 1.54) is 11.1 Å². The molecule has 1 saturated heterocycles. The monoisotopic (exact) mass is 1390 g/mol. The molecule has 11 aromatic rings. The van der Waals surface area contributed by atoms with Crippen LogP contribution in [0.4, 0.5) is 5.69 Å². The van der Waals surface area contributed by atoms with E-state index in [-0.39, 0.29) is 74.8 Å². The van der Waals surface area contributed by atoms with Crippen LogP contribution in [0.25, 0.3) is 83.9 Å². The van der Waals surface area contributed by atoms with E-state index in [9.17, 15) is 47.3 Å². The van der Waals surface area contributed by atoms with Crippen LogP contribution in [0.2, 0.25) is 0 Å². The molecule has 0 radical (unpaired) electrons. The van der Waals surface area contributed by atoms with Crippen molar-refractivity contribution in [2.24, 2.45) is 0 Å². The number of hydrogen-bond donors (Lipinski definition) is 0.